The fourth-order valence-corrected chi connectivity index (χ4v) is 4.10. The smallest absolute Gasteiger partial charge is 0.344 e. The standard InChI is InChI=1S/C23H22INO6S/c1-3-29-19-11-16(7-10-18(19)31-14-21(26)30-4-2)12-20-22(27)25(23(28)32-20)13-15-5-8-17(24)9-6-15/h5-12H,3-4,13-14H2,1-2H3/b20-12-. The van der Waals surface area contributed by atoms with Crippen molar-refractivity contribution < 1.29 is 28.6 Å². The lowest BCUT2D eigenvalue weighted by atomic mass is 10.1. The van der Waals surface area contributed by atoms with Gasteiger partial charge in [0, 0.05) is 3.57 Å². The molecule has 1 aliphatic heterocycles. The van der Waals surface area contributed by atoms with Crippen molar-refractivity contribution in [3.05, 3.63) is 62.1 Å². The minimum Gasteiger partial charge on any atom is -0.490 e. The summed E-state index contributed by atoms with van der Waals surface area (Å²) in [5, 5.41) is -0.306. The number of esters is 1. The maximum Gasteiger partial charge on any atom is 0.344 e. The van der Waals surface area contributed by atoms with E-state index in [0.29, 0.717) is 28.6 Å². The Hall–Kier alpha value is -2.53. The number of thioether (sulfide) groups is 1. The molecule has 7 nitrogen and oxygen atoms in total. The minimum atomic E-state index is -0.471. The second-order valence-electron chi connectivity index (χ2n) is 6.63. The zero-order chi connectivity index (χ0) is 23.1. The zero-order valence-electron chi connectivity index (χ0n) is 17.6. The number of carbonyl (C=O) groups is 3. The number of halogens is 1. The minimum absolute atomic E-state index is 0.226. The van der Waals surface area contributed by atoms with E-state index in [4.69, 9.17) is 14.2 Å². The Kier molecular flexibility index (Phi) is 8.57. The van der Waals surface area contributed by atoms with Crippen LogP contribution in [0.25, 0.3) is 6.08 Å². The Morgan fingerprint density at radius 1 is 1.03 bits per heavy atom. The van der Waals surface area contributed by atoms with Gasteiger partial charge in [-0.15, -0.1) is 0 Å². The van der Waals surface area contributed by atoms with E-state index < -0.39 is 5.97 Å². The summed E-state index contributed by atoms with van der Waals surface area (Å²) >= 11 is 3.11. The summed E-state index contributed by atoms with van der Waals surface area (Å²) in [7, 11) is 0. The normalized spacial score (nSPS) is 14.7. The van der Waals surface area contributed by atoms with E-state index in [0.717, 1.165) is 20.9 Å². The van der Waals surface area contributed by atoms with E-state index >= 15 is 0 Å². The molecule has 9 heteroatoms. The van der Waals surface area contributed by atoms with Crippen molar-refractivity contribution >= 4 is 57.5 Å². The van der Waals surface area contributed by atoms with Crippen LogP contribution in [0.5, 0.6) is 11.5 Å². The Labute approximate surface area is 204 Å². The van der Waals surface area contributed by atoms with Gasteiger partial charge in [-0.25, -0.2) is 4.79 Å². The van der Waals surface area contributed by atoms with Crippen molar-refractivity contribution in [3.63, 3.8) is 0 Å². The monoisotopic (exact) mass is 567 g/mol. The number of rotatable bonds is 9. The largest absolute Gasteiger partial charge is 0.490 e. The quantitative estimate of drug-likeness (QED) is 0.243. The van der Waals surface area contributed by atoms with Gasteiger partial charge in [0.15, 0.2) is 18.1 Å². The number of amides is 2. The van der Waals surface area contributed by atoms with Crippen molar-refractivity contribution in [2.24, 2.45) is 0 Å². The highest BCUT2D eigenvalue weighted by molar-refractivity contribution is 14.1. The van der Waals surface area contributed by atoms with E-state index in [2.05, 4.69) is 22.6 Å². The summed E-state index contributed by atoms with van der Waals surface area (Å²) in [6.07, 6.45) is 1.65. The lowest BCUT2D eigenvalue weighted by Gasteiger charge is -2.13. The van der Waals surface area contributed by atoms with Crippen LogP contribution in [-0.2, 0) is 20.9 Å². The number of hydrogen-bond acceptors (Lipinski definition) is 7. The number of benzene rings is 2. The third-order valence-electron chi connectivity index (χ3n) is 4.34. The first-order chi connectivity index (χ1) is 15.4. The molecule has 0 bridgehead atoms. The highest BCUT2D eigenvalue weighted by Gasteiger charge is 2.35. The van der Waals surface area contributed by atoms with E-state index in [1.165, 1.54) is 4.90 Å². The number of hydrogen-bond donors (Lipinski definition) is 0. The summed E-state index contributed by atoms with van der Waals surface area (Å²) in [5.74, 6) is 0.0208. The Bertz CT molecular complexity index is 1040. The van der Waals surface area contributed by atoms with E-state index in [-0.39, 0.29) is 30.9 Å². The Morgan fingerprint density at radius 2 is 1.78 bits per heavy atom. The van der Waals surface area contributed by atoms with E-state index in [9.17, 15) is 14.4 Å². The molecule has 0 saturated carbocycles. The molecule has 1 saturated heterocycles. The lowest BCUT2D eigenvalue weighted by Crippen LogP contribution is -2.27. The van der Waals surface area contributed by atoms with Crippen LogP contribution < -0.4 is 9.47 Å². The second-order valence-corrected chi connectivity index (χ2v) is 8.87. The van der Waals surface area contributed by atoms with Gasteiger partial charge < -0.3 is 14.2 Å². The molecule has 0 N–H and O–H groups in total. The van der Waals surface area contributed by atoms with Crippen molar-refractivity contribution in [3.8, 4) is 11.5 Å². The van der Waals surface area contributed by atoms with Gasteiger partial charge in [-0.2, -0.15) is 0 Å². The summed E-state index contributed by atoms with van der Waals surface area (Å²) in [6.45, 7) is 4.22. The van der Waals surface area contributed by atoms with E-state index in [1.807, 2.05) is 31.2 Å². The number of ether oxygens (including phenoxy) is 3. The van der Waals surface area contributed by atoms with Crippen LogP contribution in [0.2, 0.25) is 0 Å². The van der Waals surface area contributed by atoms with Crippen LogP contribution >= 0.6 is 34.4 Å². The molecule has 1 heterocycles. The van der Waals surface area contributed by atoms with Gasteiger partial charge in [0.1, 0.15) is 0 Å². The summed E-state index contributed by atoms with van der Waals surface area (Å²) < 4.78 is 17.1. The van der Waals surface area contributed by atoms with Crippen molar-refractivity contribution in [2.45, 2.75) is 20.4 Å². The second kappa shape index (κ2) is 11.4. The molecule has 2 amide bonds. The summed E-state index contributed by atoms with van der Waals surface area (Å²) in [6, 6.07) is 12.8. The molecule has 0 unspecified atom stereocenters. The van der Waals surface area contributed by atoms with Crippen molar-refractivity contribution in [1.29, 1.82) is 0 Å². The van der Waals surface area contributed by atoms with Gasteiger partial charge in [0.05, 0.1) is 24.7 Å². The first-order valence-electron chi connectivity index (χ1n) is 9.96. The third-order valence-corrected chi connectivity index (χ3v) is 5.97. The molecule has 2 aromatic rings. The molecule has 0 spiro atoms. The topological polar surface area (TPSA) is 82.1 Å². The predicted molar refractivity (Wildman–Crippen MR) is 130 cm³/mol. The molecule has 168 valence electrons. The maximum absolute atomic E-state index is 12.8. The maximum atomic E-state index is 12.8. The third kappa shape index (κ3) is 6.26. The molecule has 0 aliphatic carbocycles. The van der Waals surface area contributed by atoms with Gasteiger partial charge in [-0.05, 0) is 89.7 Å². The summed E-state index contributed by atoms with van der Waals surface area (Å²) in [5.41, 5.74) is 1.56. The zero-order valence-corrected chi connectivity index (χ0v) is 20.6. The molecule has 1 fully saturated rings. The number of carbonyl (C=O) groups excluding carboxylic acids is 3. The van der Waals surface area contributed by atoms with Crippen LogP contribution in [-0.4, -0.2) is 41.8 Å². The van der Waals surface area contributed by atoms with E-state index in [1.54, 1.807) is 31.2 Å². The van der Waals surface area contributed by atoms with Crippen LogP contribution in [0.4, 0.5) is 4.79 Å². The van der Waals surface area contributed by atoms with Crippen LogP contribution in [0.1, 0.15) is 25.0 Å². The van der Waals surface area contributed by atoms with Crippen LogP contribution in [0.3, 0.4) is 0 Å². The molecular formula is C23H22INO6S. The predicted octanol–water partition coefficient (Wildman–Crippen LogP) is 4.87. The highest BCUT2D eigenvalue weighted by atomic mass is 127. The SMILES string of the molecule is CCOC(=O)COc1ccc(/C=C2\SC(=O)N(Cc3ccc(I)cc3)C2=O)cc1OCC. The van der Waals surface area contributed by atoms with Crippen LogP contribution in [0, 0.1) is 3.57 Å². The fourth-order valence-electron chi connectivity index (χ4n) is 2.90. The van der Waals surface area contributed by atoms with Gasteiger partial charge in [0.25, 0.3) is 11.1 Å². The van der Waals surface area contributed by atoms with Gasteiger partial charge in [0.2, 0.25) is 0 Å². The lowest BCUT2D eigenvalue weighted by molar-refractivity contribution is -0.145. The first-order valence-corrected chi connectivity index (χ1v) is 11.9. The van der Waals surface area contributed by atoms with Crippen molar-refractivity contribution in [1.82, 2.24) is 4.90 Å². The van der Waals surface area contributed by atoms with Crippen molar-refractivity contribution in [2.75, 3.05) is 19.8 Å². The van der Waals surface area contributed by atoms with Gasteiger partial charge in [-0.3, -0.25) is 14.5 Å². The molecule has 3 rings (SSSR count). The van der Waals surface area contributed by atoms with Gasteiger partial charge >= 0.3 is 5.97 Å². The Morgan fingerprint density at radius 3 is 2.47 bits per heavy atom. The van der Waals surface area contributed by atoms with Crippen LogP contribution in [0.15, 0.2) is 47.4 Å². The average molecular weight is 567 g/mol. The first kappa shape index (κ1) is 24.1. The van der Waals surface area contributed by atoms with Gasteiger partial charge in [-0.1, -0.05) is 18.2 Å². The molecule has 32 heavy (non-hydrogen) atoms. The average Bonchev–Trinajstić information content (AvgIpc) is 3.02. The summed E-state index contributed by atoms with van der Waals surface area (Å²) in [4.78, 5) is 38.4. The fraction of sp³-hybridized carbons (Fsp3) is 0.261. The number of nitrogens with zero attached hydrogens (tertiary/aromatic N) is 1. The highest BCUT2D eigenvalue weighted by Crippen LogP contribution is 2.35. The molecule has 1 aliphatic rings. The Balaban J connectivity index is 1.75. The molecular weight excluding hydrogens is 545 g/mol. The number of imide groups is 1. The molecule has 0 atom stereocenters. The molecule has 0 aromatic heterocycles. The molecule has 0 radical (unpaired) electrons. The molecule has 2 aromatic carbocycles.